The Morgan fingerprint density at radius 1 is 1.29 bits per heavy atom. The second-order valence-electron chi connectivity index (χ2n) is 4.89. The minimum Gasteiger partial charge on any atom is -0.369 e. The molecule has 5 nitrogen and oxygen atoms in total. The highest BCUT2D eigenvalue weighted by Gasteiger charge is 2.19. The topological polar surface area (TPSA) is 61.7 Å². The van der Waals surface area contributed by atoms with E-state index in [2.05, 4.69) is 17.0 Å². The molecular formula is C14H15Cl2N5. The van der Waals surface area contributed by atoms with Crippen molar-refractivity contribution in [2.45, 2.75) is 19.8 Å². The first-order valence-electron chi connectivity index (χ1n) is 6.68. The Bertz CT molecular complexity index is 818. The fourth-order valence-corrected chi connectivity index (χ4v) is 2.99. The van der Waals surface area contributed by atoms with Crippen LogP contribution < -0.4 is 5.73 Å². The maximum atomic E-state index is 6.30. The molecule has 3 rings (SSSR count). The number of rotatable bonds is 3. The number of nitrogens with zero attached hydrogens (tertiary/aromatic N) is 4. The van der Waals surface area contributed by atoms with Gasteiger partial charge in [-0.15, -0.1) is 0 Å². The van der Waals surface area contributed by atoms with E-state index in [1.807, 2.05) is 13.1 Å². The SMILES string of the molecule is CCCc1nn(C)c2c1nc(N)n2-c1ccc(Cl)cc1Cl. The highest BCUT2D eigenvalue weighted by Crippen LogP contribution is 2.31. The zero-order chi connectivity index (χ0) is 15.1. The second-order valence-corrected chi connectivity index (χ2v) is 5.74. The monoisotopic (exact) mass is 323 g/mol. The Hall–Kier alpha value is -1.72. The molecule has 21 heavy (non-hydrogen) atoms. The van der Waals surface area contributed by atoms with Crippen LogP contribution in [0.2, 0.25) is 10.0 Å². The van der Waals surface area contributed by atoms with E-state index in [1.54, 1.807) is 21.4 Å². The van der Waals surface area contributed by atoms with Crippen molar-refractivity contribution >= 4 is 40.3 Å². The Kier molecular flexibility index (Phi) is 3.55. The zero-order valence-electron chi connectivity index (χ0n) is 11.8. The smallest absolute Gasteiger partial charge is 0.207 e. The lowest BCUT2D eigenvalue weighted by molar-refractivity contribution is 0.738. The van der Waals surface area contributed by atoms with Crippen molar-refractivity contribution in [3.63, 3.8) is 0 Å². The van der Waals surface area contributed by atoms with Gasteiger partial charge in [0.15, 0.2) is 5.65 Å². The van der Waals surface area contributed by atoms with Gasteiger partial charge in [-0.3, -0.25) is 4.57 Å². The van der Waals surface area contributed by atoms with E-state index in [0.717, 1.165) is 35.4 Å². The maximum Gasteiger partial charge on any atom is 0.207 e. The molecule has 0 aliphatic rings. The number of aromatic nitrogens is 4. The number of nitrogen functional groups attached to an aromatic ring is 1. The Balaban J connectivity index is 2.30. The number of halogens is 2. The zero-order valence-corrected chi connectivity index (χ0v) is 13.3. The highest BCUT2D eigenvalue weighted by atomic mass is 35.5. The molecule has 1 aromatic carbocycles. The maximum absolute atomic E-state index is 6.30. The fraction of sp³-hybridized carbons (Fsp3) is 0.286. The highest BCUT2D eigenvalue weighted by molar-refractivity contribution is 6.35. The van der Waals surface area contributed by atoms with Crippen LogP contribution >= 0.6 is 23.2 Å². The van der Waals surface area contributed by atoms with Gasteiger partial charge in [0.05, 0.1) is 16.4 Å². The van der Waals surface area contributed by atoms with Crippen LogP contribution in [-0.4, -0.2) is 19.3 Å². The van der Waals surface area contributed by atoms with E-state index in [1.165, 1.54) is 0 Å². The van der Waals surface area contributed by atoms with Gasteiger partial charge in [0, 0.05) is 12.1 Å². The molecule has 0 aliphatic carbocycles. The van der Waals surface area contributed by atoms with Crippen molar-refractivity contribution in [3.05, 3.63) is 33.9 Å². The van der Waals surface area contributed by atoms with Crippen LogP contribution in [0.1, 0.15) is 19.0 Å². The van der Waals surface area contributed by atoms with Gasteiger partial charge in [0.25, 0.3) is 0 Å². The van der Waals surface area contributed by atoms with Crippen LogP contribution in [0, 0.1) is 0 Å². The van der Waals surface area contributed by atoms with Crippen LogP contribution in [0.4, 0.5) is 5.95 Å². The summed E-state index contributed by atoms with van der Waals surface area (Å²) in [7, 11) is 1.88. The lowest BCUT2D eigenvalue weighted by atomic mass is 10.2. The van der Waals surface area contributed by atoms with Gasteiger partial charge in [0.2, 0.25) is 5.95 Å². The minimum absolute atomic E-state index is 0.388. The number of nitrogens with two attached hydrogens (primary N) is 1. The summed E-state index contributed by atoms with van der Waals surface area (Å²) in [5.74, 6) is 0.388. The molecule has 0 bridgehead atoms. The third kappa shape index (κ3) is 2.26. The summed E-state index contributed by atoms with van der Waals surface area (Å²) < 4.78 is 3.59. The summed E-state index contributed by atoms with van der Waals surface area (Å²) >= 11 is 12.3. The molecule has 0 aliphatic heterocycles. The van der Waals surface area contributed by atoms with Gasteiger partial charge in [0.1, 0.15) is 5.52 Å². The molecule has 0 saturated carbocycles. The average molecular weight is 324 g/mol. The number of benzene rings is 1. The number of aryl methyl sites for hydroxylation is 2. The third-order valence-corrected chi connectivity index (χ3v) is 3.90. The van der Waals surface area contributed by atoms with Gasteiger partial charge in [-0.2, -0.15) is 5.10 Å². The van der Waals surface area contributed by atoms with Gasteiger partial charge >= 0.3 is 0 Å². The summed E-state index contributed by atoms with van der Waals surface area (Å²) in [4.78, 5) is 4.46. The van der Waals surface area contributed by atoms with Crippen molar-refractivity contribution in [3.8, 4) is 5.69 Å². The molecule has 0 atom stereocenters. The van der Waals surface area contributed by atoms with Gasteiger partial charge in [-0.1, -0.05) is 36.5 Å². The first kappa shape index (κ1) is 14.2. The summed E-state index contributed by atoms with van der Waals surface area (Å²) in [5.41, 5.74) is 9.44. The van der Waals surface area contributed by atoms with E-state index in [0.29, 0.717) is 16.0 Å². The molecule has 3 aromatic rings. The van der Waals surface area contributed by atoms with Gasteiger partial charge in [-0.05, 0) is 24.6 Å². The van der Waals surface area contributed by atoms with E-state index in [-0.39, 0.29) is 0 Å². The van der Waals surface area contributed by atoms with E-state index in [9.17, 15) is 0 Å². The summed E-state index contributed by atoms with van der Waals surface area (Å²) in [5, 5.41) is 5.62. The van der Waals surface area contributed by atoms with Crippen LogP contribution in [0.5, 0.6) is 0 Å². The molecule has 0 amide bonds. The molecule has 7 heteroatoms. The number of hydrogen-bond donors (Lipinski definition) is 1. The Morgan fingerprint density at radius 2 is 2.05 bits per heavy atom. The van der Waals surface area contributed by atoms with Crippen LogP contribution in [0.3, 0.4) is 0 Å². The predicted molar refractivity (Wildman–Crippen MR) is 86.3 cm³/mol. The molecule has 0 radical (unpaired) electrons. The van der Waals surface area contributed by atoms with E-state index < -0.39 is 0 Å². The molecule has 2 aromatic heterocycles. The van der Waals surface area contributed by atoms with Crippen molar-refractivity contribution in [1.82, 2.24) is 19.3 Å². The van der Waals surface area contributed by atoms with Crippen molar-refractivity contribution in [2.24, 2.45) is 7.05 Å². The van der Waals surface area contributed by atoms with E-state index >= 15 is 0 Å². The predicted octanol–water partition coefficient (Wildman–Crippen LogP) is 3.60. The lowest BCUT2D eigenvalue weighted by Gasteiger charge is -2.09. The first-order valence-corrected chi connectivity index (χ1v) is 7.43. The van der Waals surface area contributed by atoms with Crippen LogP contribution in [0.15, 0.2) is 18.2 Å². The number of imidazole rings is 1. The summed E-state index contributed by atoms with van der Waals surface area (Å²) in [6.45, 7) is 2.11. The quantitative estimate of drug-likeness (QED) is 0.801. The second kappa shape index (κ2) is 5.24. The number of hydrogen-bond acceptors (Lipinski definition) is 3. The van der Waals surface area contributed by atoms with Crippen molar-refractivity contribution < 1.29 is 0 Å². The van der Waals surface area contributed by atoms with Crippen LogP contribution in [-0.2, 0) is 13.5 Å². The largest absolute Gasteiger partial charge is 0.369 e. The van der Waals surface area contributed by atoms with Crippen molar-refractivity contribution in [1.29, 1.82) is 0 Å². The van der Waals surface area contributed by atoms with E-state index in [4.69, 9.17) is 28.9 Å². The van der Waals surface area contributed by atoms with Crippen LogP contribution in [0.25, 0.3) is 16.9 Å². The molecule has 0 unspecified atom stereocenters. The minimum atomic E-state index is 0.388. The molecule has 0 fully saturated rings. The Labute approximate surface area is 132 Å². The molecule has 2 N–H and O–H groups in total. The average Bonchev–Trinajstić information content (AvgIpc) is 2.89. The molecule has 2 heterocycles. The third-order valence-electron chi connectivity index (χ3n) is 3.37. The summed E-state index contributed by atoms with van der Waals surface area (Å²) in [6, 6.07) is 5.29. The van der Waals surface area contributed by atoms with Gasteiger partial charge in [-0.25, -0.2) is 9.67 Å². The lowest BCUT2D eigenvalue weighted by Crippen LogP contribution is -2.05. The van der Waals surface area contributed by atoms with Gasteiger partial charge < -0.3 is 5.73 Å². The number of anilines is 1. The standard InChI is InChI=1S/C14H15Cl2N5/c1-3-4-10-12-13(20(2)19-10)21(14(17)18-12)11-6-5-8(15)7-9(11)16/h5-7H,3-4H2,1-2H3,(H2,17,18). The summed E-state index contributed by atoms with van der Waals surface area (Å²) in [6.07, 6.45) is 1.86. The normalized spacial score (nSPS) is 11.4. The Morgan fingerprint density at radius 3 is 2.71 bits per heavy atom. The molecule has 0 saturated heterocycles. The molecular weight excluding hydrogens is 309 g/mol. The van der Waals surface area contributed by atoms with Crippen molar-refractivity contribution in [2.75, 3.05) is 5.73 Å². The number of fused-ring (bicyclic) bond motifs is 1. The molecule has 0 spiro atoms. The fourth-order valence-electron chi connectivity index (χ4n) is 2.50. The molecule has 110 valence electrons. The first-order chi connectivity index (χ1) is 10.0.